The van der Waals surface area contributed by atoms with Crippen LogP contribution < -0.4 is 0 Å². The number of morpholine rings is 1. The van der Waals surface area contributed by atoms with Crippen LogP contribution in [0.3, 0.4) is 0 Å². The minimum Gasteiger partial charge on any atom is -0.456 e. The van der Waals surface area contributed by atoms with E-state index in [1.165, 1.54) is 0 Å². The molecule has 0 spiro atoms. The number of nitrogens with zero attached hydrogens (tertiary/aromatic N) is 1. The Morgan fingerprint density at radius 1 is 1.55 bits per heavy atom. The third-order valence-electron chi connectivity index (χ3n) is 3.70. The Hall–Kier alpha value is -1.33. The van der Waals surface area contributed by atoms with E-state index in [1.54, 1.807) is 7.11 Å². The summed E-state index contributed by atoms with van der Waals surface area (Å²) in [6.45, 7) is 6.37. The first-order valence-electron chi connectivity index (χ1n) is 7.14. The molecule has 5 nitrogen and oxygen atoms in total. The van der Waals surface area contributed by atoms with Crippen LogP contribution in [0.15, 0.2) is 10.5 Å². The maximum absolute atomic E-state index is 12.6. The number of furan rings is 1. The summed E-state index contributed by atoms with van der Waals surface area (Å²) in [5, 5.41) is 0. The third-order valence-corrected chi connectivity index (χ3v) is 3.70. The summed E-state index contributed by atoms with van der Waals surface area (Å²) < 4.78 is 16.2. The van der Waals surface area contributed by atoms with Crippen molar-refractivity contribution in [1.29, 1.82) is 0 Å². The van der Waals surface area contributed by atoms with Gasteiger partial charge in [-0.25, -0.2) is 0 Å². The number of carbonyl (C=O) groups excluding carboxylic acids is 1. The Kier molecular flexibility index (Phi) is 5.20. The first kappa shape index (κ1) is 15.1. The van der Waals surface area contributed by atoms with E-state index in [9.17, 15) is 4.79 Å². The third kappa shape index (κ3) is 3.22. The van der Waals surface area contributed by atoms with E-state index < -0.39 is 0 Å². The lowest BCUT2D eigenvalue weighted by molar-refractivity contribution is -0.0118. The number of hydrogen-bond donors (Lipinski definition) is 0. The molecule has 2 heterocycles. The molecule has 1 unspecified atom stereocenters. The van der Waals surface area contributed by atoms with Crippen LogP contribution in [0.4, 0.5) is 0 Å². The zero-order valence-corrected chi connectivity index (χ0v) is 12.5. The molecule has 1 aromatic rings. The highest BCUT2D eigenvalue weighted by atomic mass is 16.5. The average Bonchev–Trinajstić information content (AvgIpc) is 2.85. The van der Waals surface area contributed by atoms with E-state index in [0.29, 0.717) is 32.1 Å². The van der Waals surface area contributed by atoms with Gasteiger partial charge >= 0.3 is 0 Å². The molecule has 112 valence electrons. The van der Waals surface area contributed by atoms with Crippen LogP contribution in [-0.4, -0.2) is 50.3 Å². The fourth-order valence-corrected chi connectivity index (χ4v) is 2.53. The number of rotatable bonds is 5. The summed E-state index contributed by atoms with van der Waals surface area (Å²) in [6.07, 6.45) is 1.58. The Bertz CT molecular complexity index is 455. The predicted octanol–water partition coefficient (Wildman–Crippen LogP) is 2.03. The number of hydrogen-bond acceptors (Lipinski definition) is 4. The van der Waals surface area contributed by atoms with Crippen LogP contribution >= 0.6 is 0 Å². The van der Waals surface area contributed by atoms with E-state index in [-0.39, 0.29) is 11.9 Å². The van der Waals surface area contributed by atoms with Crippen LogP contribution in [0.25, 0.3) is 0 Å². The lowest BCUT2D eigenvalue weighted by Crippen LogP contribution is -2.49. The van der Waals surface area contributed by atoms with Gasteiger partial charge in [-0.3, -0.25) is 4.79 Å². The van der Waals surface area contributed by atoms with Crippen molar-refractivity contribution in [2.24, 2.45) is 0 Å². The lowest BCUT2D eigenvalue weighted by atomic mass is 10.1. The maximum atomic E-state index is 12.6. The molecule has 20 heavy (non-hydrogen) atoms. The molecule has 0 aromatic carbocycles. The second-order valence-corrected chi connectivity index (χ2v) is 5.08. The van der Waals surface area contributed by atoms with E-state index >= 15 is 0 Å². The van der Waals surface area contributed by atoms with Crippen molar-refractivity contribution in [2.75, 3.05) is 33.5 Å². The molecular formula is C15H23NO4. The van der Waals surface area contributed by atoms with Crippen molar-refractivity contribution in [3.8, 4) is 0 Å². The number of aryl methyl sites for hydroxylation is 2. The topological polar surface area (TPSA) is 51.9 Å². The molecular weight excluding hydrogens is 258 g/mol. The van der Waals surface area contributed by atoms with Gasteiger partial charge in [0.25, 0.3) is 5.91 Å². The average molecular weight is 281 g/mol. The molecule has 0 aliphatic carbocycles. The van der Waals surface area contributed by atoms with Crippen LogP contribution in [0, 0.1) is 6.92 Å². The smallest absolute Gasteiger partial charge is 0.289 e. The van der Waals surface area contributed by atoms with Crippen molar-refractivity contribution in [2.45, 2.75) is 32.7 Å². The molecule has 0 N–H and O–H groups in total. The second kappa shape index (κ2) is 6.90. The SMILES string of the molecule is CCc1oc(C(=O)N2CCOCC2CCOC)cc1C. The van der Waals surface area contributed by atoms with E-state index in [2.05, 4.69) is 0 Å². The van der Waals surface area contributed by atoms with Crippen LogP contribution in [0.5, 0.6) is 0 Å². The Labute approximate surface area is 119 Å². The Morgan fingerprint density at radius 2 is 2.35 bits per heavy atom. The zero-order valence-electron chi connectivity index (χ0n) is 12.5. The fraction of sp³-hybridized carbons (Fsp3) is 0.667. The molecule has 1 amide bonds. The molecule has 0 bridgehead atoms. The minimum atomic E-state index is -0.0443. The molecule has 1 aliphatic rings. The van der Waals surface area contributed by atoms with Crippen molar-refractivity contribution in [1.82, 2.24) is 4.90 Å². The molecule has 0 radical (unpaired) electrons. The van der Waals surface area contributed by atoms with Gasteiger partial charge in [0.2, 0.25) is 0 Å². The van der Waals surface area contributed by atoms with Gasteiger partial charge in [-0.15, -0.1) is 0 Å². The molecule has 0 saturated carbocycles. The Morgan fingerprint density at radius 3 is 3.00 bits per heavy atom. The summed E-state index contributed by atoms with van der Waals surface area (Å²) in [4.78, 5) is 14.4. The van der Waals surface area contributed by atoms with E-state index in [4.69, 9.17) is 13.9 Å². The Balaban J connectivity index is 2.11. The summed E-state index contributed by atoms with van der Waals surface area (Å²) >= 11 is 0. The second-order valence-electron chi connectivity index (χ2n) is 5.08. The van der Waals surface area contributed by atoms with Crippen molar-refractivity contribution >= 4 is 5.91 Å². The van der Waals surface area contributed by atoms with Crippen molar-refractivity contribution in [3.05, 3.63) is 23.2 Å². The quantitative estimate of drug-likeness (QED) is 0.828. The van der Waals surface area contributed by atoms with Crippen LogP contribution in [-0.2, 0) is 15.9 Å². The van der Waals surface area contributed by atoms with Gasteiger partial charge in [0.15, 0.2) is 5.76 Å². The standard InChI is InChI=1S/C15H23NO4/c1-4-13-11(2)9-14(20-13)15(17)16-6-8-19-10-12(16)5-7-18-3/h9,12H,4-8,10H2,1-3H3. The van der Waals surface area contributed by atoms with Crippen LogP contribution in [0.2, 0.25) is 0 Å². The van der Waals surface area contributed by atoms with Gasteiger partial charge in [0.05, 0.1) is 19.3 Å². The summed E-state index contributed by atoms with van der Waals surface area (Å²) in [7, 11) is 1.67. The molecule has 2 rings (SSSR count). The summed E-state index contributed by atoms with van der Waals surface area (Å²) in [5.41, 5.74) is 1.04. The van der Waals surface area contributed by atoms with Gasteiger partial charge in [-0.05, 0) is 25.0 Å². The normalized spacial score (nSPS) is 19.4. The highest BCUT2D eigenvalue weighted by Gasteiger charge is 2.29. The maximum Gasteiger partial charge on any atom is 0.289 e. The largest absolute Gasteiger partial charge is 0.456 e. The summed E-state index contributed by atoms with van der Waals surface area (Å²) in [5.74, 6) is 1.27. The zero-order chi connectivity index (χ0) is 14.5. The molecule has 1 aliphatic heterocycles. The molecule has 1 atom stereocenters. The first-order valence-corrected chi connectivity index (χ1v) is 7.14. The number of carbonyl (C=O) groups is 1. The van der Waals surface area contributed by atoms with Crippen LogP contribution in [0.1, 0.15) is 35.2 Å². The first-order chi connectivity index (χ1) is 9.67. The fourth-order valence-electron chi connectivity index (χ4n) is 2.53. The van der Waals surface area contributed by atoms with Gasteiger partial charge in [0, 0.05) is 26.7 Å². The number of ether oxygens (including phenoxy) is 2. The lowest BCUT2D eigenvalue weighted by Gasteiger charge is -2.35. The van der Waals surface area contributed by atoms with Gasteiger partial charge < -0.3 is 18.8 Å². The number of methoxy groups -OCH3 is 1. The monoisotopic (exact) mass is 281 g/mol. The molecule has 1 saturated heterocycles. The summed E-state index contributed by atoms with van der Waals surface area (Å²) in [6, 6.07) is 1.90. The highest BCUT2D eigenvalue weighted by Crippen LogP contribution is 2.20. The number of amides is 1. The highest BCUT2D eigenvalue weighted by molar-refractivity contribution is 5.92. The predicted molar refractivity (Wildman–Crippen MR) is 75.0 cm³/mol. The molecule has 1 aromatic heterocycles. The molecule has 5 heteroatoms. The van der Waals surface area contributed by atoms with E-state index in [1.807, 2.05) is 24.8 Å². The van der Waals surface area contributed by atoms with Crippen molar-refractivity contribution in [3.63, 3.8) is 0 Å². The van der Waals surface area contributed by atoms with Gasteiger partial charge in [-0.1, -0.05) is 6.92 Å². The van der Waals surface area contributed by atoms with Crippen molar-refractivity contribution < 1.29 is 18.7 Å². The molecule has 1 fully saturated rings. The van der Waals surface area contributed by atoms with Gasteiger partial charge in [0.1, 0.15) is 5.76 Å². The van der Waals surface area contributed by atoms with Gasteiger partial charge in [-0.2, -0.15) is 0 Å². The van der Waals surface area contributed by atoms with E-state index in [0.717, 1.165) is 24.2 Å². The minimum absolute atomic E-state index is 0.0443.